The molecular formula is C10H27IOSi3. The first-order valence-electron chi connectivity index (χ1n) is 5.55. The minimum atomic E-state index is -1.59. The molecule has 0 aliphatic rings. The molecule has 0 N–H and O–H groups in total. The molecular weight excluding hydrogens is 347 g/mol. The lowest BCUT2D eigenvalue weighted by Gasteiger charge is -2.54. The van der Waals surface area contributed by atoms with Crippen molar-refractivity contribution in [2.24, 2.45) is 0 Å². The van der Waals surface area contributed by atoms with Gasteiger partial charge in [-0.25, -0.2) is 0 Å². The molecule has 0 fully saturated rings. The van der Waals surface area contributed by atoms with E-state index in [0.717, 1.165) is 0 Å². The number of rotatable bonds is 4. The molecule has 0 unspecified atom stereocenters. The Morgan fingerprint density at radius 3 is 1.13 bits per heavy atom. The molecule has 0 aliphatic heterocycles. The van der Waals surface area contributed by atoms with Crippen molar-refractivity contribution in [2.75, 3.05) is 7.11 Å². The SMILES string of the molecule is CO[Si](C)(C)C(I)([Si](C)(C)C)[Si](C)(C)C. The van der Waals surface area contributed by atoms with Gasteiger partial charge in [0.05, 0.1) is 16.1 Å². The monoisotopic (exact) mass is 374 g/mol. The highest BCUT2D eigenvalue weighted by molar-refractivity contribution is 14.1. The Kier molecular flexibility index (Phi) is 4.95. The van der Waals surface area contributed by atoms with E-state index in [9.17, 15) is 0 Å². The third-order valence-electron chi connectivity index (χ3n) is 3.41. The molecule has 0 radical (unpaired) electrons. The molecule has 0 spiro atoms. The van der Waals surface area contributed by atoms with E-state index in [-0.39, 0.29) is 0 Å². The molecule has 0 atom stereocenters. The lowest BCUT2D eigenvalue weighted by atomic mass is 11.7. The summed E-state index contributed by atoms with van der Waals surface area (Å²) >= 11 is 2.79. The zero-order chi connectivity index (χ0) is 12.7. The fourth-order valence-electron chi connectivity index (χ4n) is 3.07. The maximum atomic E-state index is 5.96. The third kappa shape index (κ3) is 2.78. The fourth-order valence-corrected chi connectivity index (χ4v) is 28.1. The second kappa shape index (κ2) is 4.55. The van der Waals surface area contributed by atoms with Gasteiger partial charge in [0.15, 0.2) is 8.32 Å². The molecule has 0 aromatic rings. The van der Waals surface area contributed by atoms with Crippen LogP contribution in [0, 0.1) is 0 Å². The second-order valence-electron chi connectivity index (χ2n) is 6.87. The van der Waals surface area contributed by atoms with Crippen molar-refractivity contribution in [1.82, 2.24) is 0 Å². The summed E-state index contributed by atoms with van der Waals surface area (Å²) in [5, 5.41) is 0. The lowest BCUT2D eigenvalue weighted by Crippen LogP contribution is -2.75. The Morgan fingerprint density at radius 1 is 0.800 bits per heavy atom. The maximum Gasteiger partial charge on any atom is 0.196 e. The normalized spacial score (nSPS) is 15.6. The summed E-state index contributed by atoms with van der Waals surface area (Å²) in [6.07, 6.45) is 0. The predicted octanol–water partition coefficient (Wildman–Crippen LogP) is 4.31. The van der Waals surface area contributed by atoms with Crippen LogP contribution in [0.5, 0.6) is 0 Å². The summed E-state index contributed by atoms with van der Waals surface area (Å²) in [6, 6.07) is 0. The van der Waals surface area contributed by atoms with Crippen LogP contribution in [0.2, 0.25) is 52.4 Å². The number of hydrogen-bond acceptors (Lipinski definition) is 1. The van der Waals surface area contributed by atoms with Crippen molar-refractivity contribution in [3.05, 3.63) is 0 Å². The molecule has 1 nitrogen and oxygen atoms in total. The van der Waals surface area contributed by atoms with Gasteiger partial charge in [-0.15, -0.1) is 0 Å². The molecule has 0 saturated heterocycles. The van der Waals surface area contributed by atoms with Crippen molar-refractivity contribution >= 4 is 47.1 Å². The molecule has 0 aromatic carbocycles. The van der Waals surface area contributed by atoms with Crippen molar-refractivity contribution in [3.63, 3.8) is 0 Å². The van der Waals surface area contributed by atoms with Crippen molar-refractivity contribution < 1.29 is 4.43 Å². The van der Waals surface area contributed by atoms with Gasteiger partial charge in [-0.2, -0.15) is 0 Å². The average Bonchev–Trinajstić information content (AvgIpc) is 1.98. The molecule has 5 heteroatoms. The van der Waals surface area contributed by atoms with Gasteiger partial charge in [0.1, 0.15) is 0 Å². The van der Waals surface area contributed by atoms with Gasteiger partial charge < -0.3 is 4.43 Å². The summed E-state index contributed by atoms with van der Waals surface area (Å²) in [5.74, 6) is 0. The Labute approximate surface area is 113 Å². The van der Waals surface area contributed by atoms with Crippen LogP contribution in [0.25, 0.3) is 0 Å². The zero-order valence-corrected chi connectivity index (χ0v) is 16.9. The Bertz CT molecular complexity index is 214. The summed E-state index contributed by atoms with van der Waals surface area (Å²) in [5.41, 5.74) is 0. The molecule has 92 valence electrons. The molecule has 0 saturated carbocycles. The number of alkyl halides is 1. The smallest absolute Gasteiger partial charge is 0.196 e. The molecule has 0 aromatic heterocycles. The minimum Gasteiger partial charge on any atom is -0.420 e. The van der Waals surface area contributed by atoms with Crippen molar-refractivity contribution in [2.45, 2.75) is 54.7 Å². The van der Waals surface area contributed by atoms with E-state index in [4.69, 9.17) is 4.43 Å². The highest BCUT2D eigenvalue weighted by Gasteiger charge is 2.61. The lowest BCUT2D eigenvalue weighted by molar-refractivity contribution is 0.404. The topological polar surface area (TPSA) is 9.23 Å². The standard InChI is InChI=1S/C10H27IOSi3/c1-12-15(8,9)10(11,13(2,3)4)14(5,6)7/h1-9H3. The minimum absolute atomic E-state index is 0.486. The summed E-state index contributed by atoms with van der Waals surface area (Å²) in [4.78, 5) is 0. The quantitative estimate of drug-likeness (QED) is 0.405. The molecule has 0 aliphatic carbocycles. The van der Waals surface area contributed by atoms with Crippen LogP contribution in [0.3, 0.4) is 0 Å². The summed E-state index contributed by atoms with van der Waals surface area (Å²) in [7, 11) is -2.11. The van der Waals surface area contributed by atoms with Crippen LogP contribution in [0.4, 0.5) is 0 Å². The fraction of sp³-hybridized carbons (Fsp3) is 1.00. The maximum absolute atomic E-state index is 5.96. The second-order valence-corrected chi connectivity index (χ2v) is 27.7. The van der Waals surface area contributed by atoms with Gasteiger partial charge in [-0.3, -0.25) is 0 Å². The first-order chi connectivity index (χ1) is 6.31. The van der Waals surface area contributed by atoms with Crippen molar-refractivity contribution in [1.29, 1.82) is 0 Å². The predicted molar refractivity (Wildman–Crippen MR) is 87.9 cm³/mol. The Balaban J connectivity index is 5.65. The van der Waals surface area contributed by atoms with E-state index >= 15 is 0 Å². The first-order valence-corrected chi connectivity index (χ1v) is 16.5. The van der Waals surface area contributed by atoms with E-state index in [0.29, 0.717) is 2.29 Å². The highest BCUT2D eigenvalue weighted by atomic mass is 127. The van der Waals surface area contributed by atoms with Gasteiger partial charge in [0.25, 0.3) is 0 Å². The zero-order valence-electron chi connectivity index (χ0n) is 11.8. The van der Waals surface area contributed by atoms with Crippen LogP contribution >= 0.6 is 22.6 Å². The Morgan fingerprint density at radius 2 is 1.07 bits per heavy atom. The van der Waals surface area contributed by atoms with Crippen LogP contribution < -0.4 is 0 Å². The van der Waals surface area contributed by atoms with Gasteiger partial charge in [0.2, 0.25) is 0 Å². The van der Waals surface area contributed by atoms with Crippen molar-refractivity contribution in [3.8, 4) is 0 Å². The van der Waals surface area contributed by atoms with E-state index in [1.54, 1.807) is 0 Å². The van der Waals surface area contributed by atoms with E-state index in [1.807, 2.05) is 7.11 Å². The highest BCUT2D eigenvalue weighted by Crippen LogP contribution is 2.46. The van der Waals surface area contributed by atoms with Crippen LogP contribution in [-0.2, 0) is 4.43 Å². The third-order valence-corrected chi connectivity index (χ3v) is 36.4. The number of hydrogen-bond donors (Lipinski definition) is 0. The van der Waals surface area contributed by atoms with E-state index in [1.165, 1.54) is 0 Å². The van der Waals surface area contributed by atoms with E-state index in [2.05, 4.69) is 75.0 Å². The van der Waals surface area contributed by atoms with Crippen LogP contribution in [0.15, 0.2) is 0 Å². The number of halogens is 1. The summed E-state index contributed by atoms with van der Waals surface area (Å²) < 4.78 is 6.44. The Hall–Kier alpha value is 1.34. The summed E-state index contributed by atoms with van der Waals surface area (Å²) in [6.45, 7) is 19.8. The molecule has 0 heterocycles. The molecule has 15 heavy (non-hydrogen) atoms. The van der Waals surface area contributed by atoms with Crippen LogP contribution in [-0.4, -0.2) is 33.9 Å². The molecule has 0 amide bonds. The van der Waals surface area contributed by atoms with Gasteiger partial charge in [-0.1, -0.05) is 61.9 Å². The first kappa shape index (κ1) is 16.3. The molecule has 0 bridgehead atoms. The average molecular weight is 374 g/mol. The van der Waals surface area contributed by atoms with Gasteiger partial charge in [-0.05, 0) is 13.1 Å². The van der Waals surface area contributed by atoms with Gasteiger partial charge in [0, 0.05) is 9.40 Å². The van der Waals surface area contributed by atoms with E-state index < -0.39 is 24.5 Å². The molecule has 0 rings (SSSR count). The largest absolute Gasteiger partial charge is 0.420 e. The van der Waals surface area contributed by atoms with Gasteiger partial charge >= 0.3 is 0 Å². The van der Waals surface area contributed by atoms with Crippen LogP contribution in [0.1, 0.15) is 0 Å².